The molecule has 0 heterocycles. The fourth-order valence-electron chi connectivity index (χ4n) is 1.68. The van der Waals surface area contributed by atoms with Crippen LogP contribution >= 0.6 is 11.9 Å². The van der Waals surface area contributed by atoms with Crippen molar-refractivity contribution in [3.63, 3.8) is 0 Å². The van der Waals surface area contributed by atoms with Gasteiger partial charge in [0.1, 0.15) is 0 Å². The van der Waals surface area contributed by atoms with Crippen LogP contribution in [0.2, 0.25) is 0 Å². The normalized spacial score (nSPS) is 10.6. The van der Waals surface area contributed by atoms with Crippen LogP contribution in [0.5, 0.6) is 0 Å². The van der Waals surface area contributed by atoms with Crippen molar-refractivity contribution in [2.24, 2.45) is 0 Å². The summed E-state index contributed by atoms with van der Waals surface area (Å²) in [4.78, 5) is 13.4. The van der Waals surface area contributed by atoms with Gasteiger partial charge in [0, 0.05) is 16.0 Å². The first-order valence-electron chi connectivity index (χ1n) is 5.72. The van der Waals surface area contributed by atoms with E-state index in [1.165, 1.54) is 0 Å². The van der Waals surface area contributed by atoms with E-state index in [4.69, 9.17) is 0 Å². The maximum Gasteiger partial charge on any atom is 0.194 e. The van der Waals surface area contributed by atoms with Crippen LogP contribution in [0.1, 0.15) is 15.9 Å². The van der Waals surface area contributed by atoms with Crippen LogP contribution in [0.4, 0.5) is 0 Å². The van der Waals surface area contributed by atoms with Crippen molar-refractivity contribution in [1.82, 2.24) is 4.31 Å². The van der Waals surface area contributed by atoms with Crippen molar-refractivity contribution in [2.75, 3.05) is 14.1 Å². The van der Waals surface area contributed by atoms with Crippen LogP contribution in [-0.4, -0.2) is 24.2 Å². The van der Waals surface area contributed by atoms with Crippen molar-refractivity contribution < 1.29 is 4.79 Å². The lowest BCUT2D eigenvalue weighted by Crippen LogP contribution is -2.06. The summed E-state index contributed by atoms with van der Waals surface area (Å²) in [6, 6.07) is 17.1. The highest BCUT2D eigenvalue weighted by molar-refractivity contribution is 7.97. The van der Waals surface area contributed by atoms with Crippen LogP contribution in [0, 0.1) is 0 Å². The van der Waals surface area contributed by atoms with Gasteiger partial charge >= 0.3 is 0 Å². The van der Waals surface area contributed by atoms with Gasteiger partial charge in [0.2, 0.25) is 0 Å². The molecule has 0 unspecified atom stereocenters. The van der Waals surface area contributed by atoms with Gasteiger partial charge in [-0.15, -0.1) is 0 Å². The Bertz CT molecular complexity index is 537. The number of nitrogens with zero attached hydrogens (tertiary/aromatic N) is 1. The van der Waals surface area contributed by atoms with Gasteiger partial charge in [0.15, 0.2) is 5.78 Å². The Morgan fingerprint density at radius 3 is 2.22 bits per heavy atom. The summed E-state index contributed by atoms with van der Waals surface area (Å²) in [6.45, 7) is 0. The largest absolute Gasteiger partial charge is 0.289 e. The predicted octanol–water partition coefficient (Wildman–Crippen LogP) is 3.49. The number of carbonyl (C=O) groups excluding carboxylic acids is 1. The first kappa shape index (κ1) is 12.9. The van der Waals surface area contributed by atoms with E-state index >= 15 is 0 Å². The maximum absolute atomic E-state index is 12.4. The van der Waals surface area contributed by atoms with Crippen molar-refractivity contribution in [1.29, 1.82) is 0 Å². The maximum atomic E-state index is 12.4. The summed E-state index contributed by atoms with van der Waals surface area (Å²) in [5, 5.41) is 0. The molecule has 2 rings (SSSR count). The zero-order valence-corrected chi connectivity index (χ0v) is 11.3. The number of carbonyl (C=O) groups is 1. The van der Waals surface area contributed by atoms with E-state index in [0.29, 0.717) is 0 Å². The minimum Gasteiger partial charge on any atom is -0.289 e. The molecule has 2 nitrogen and oxygen atoms in total. The van der Waals surface area contributed by atoms with Crippen molar-refractivity contribution in [3.8, 4) is 0 Å². The highest BCUT2D eigenvalue weighted by atomic mass is 32.2. The Morgan fingerprint density at radius 2 is 1.56 bits per heavy atom. The van der Waals surface area contributed by atoms with Gasteiger partial charge in [0.25, 0.3) is 0 Å². The summed E-state index contributed by atoms with van der Waals surface area (Å²) in [7, 11) is 3.93. The second-order valence-electron chi connectivity index (χ2n) is 4.09. The Labute approximate surface area is 112 Å². The average Bonchev–Trinajstić information content (AvgIpc) is 2.39. The molecule has 0 amide bonds. The highest BCUT2D eigenvalue weighted by Crippen LogP contribution is 2.25. The molecule has 0 spiro atoms. The van der Waals surface area contributed by atoms with E-state index in [9.17, 15) is 4.79 Å². The van der Waals surface area contributed by atoms with E-state index in [-0.39, 0.29) is 5.78 Å². The molecule has 0 aliphatic carbocycles. The summed E-state index contributed by atoms with van der Waals surface area (Å²) in [6.07, 6.45) is 0. The third-order valence-corrected chi connectivity index (χ3v) is 3.37. The Kier molecular flexibility index (Phi) is 4.18. The Hall–Kier alpha value is -1.58. The SMILES string of the molecule is CN(C)Sc1ccccc1C(=O)c1ccccc1. The first-order valence-corrected chi connectivity index (χ1v) is 6.50. The fourth-order valence-corrected chi connectivity index (χ4v) is 2.47. The molecule has 0 N–H and O–H groups in total. The molecule has 92 valence electrons. The highest BCUT2D eigenvalue weighted by Gasteiger charge is 2.13. The van der Waals surface area contributed by atoms with Crippen LogP contribution < -0.4 is 0 Å². The van der Waals surface area contributed by atoms with Gasteiger partial charge < -0.3 is 0 Å². The monoisotopic (exact) mass is 257 g/mol. The van der Waals surface area contributed by atoms with Crippen molar-refractivity contribution >= 4 is 17.7 Å². The topological polar surface area (TPSA) is 20.3 Å². The molecular weight excluding hydrogens is 242 g/mol. The van der Waals surface area contributed by atoms with Crippen molar-refractivity contribution in [3.05, 3.63) is 65.7 Å². The van der Waals surface area contributed by atoms with E-state index in [0.717, 1.165) is 16.0 Å². The summed E-state index contributed by atoms with van der Waals surface area (Å²) < 4.78 is 1.98. The number of ketones is 1. The fraction of sp³-hybridized carbons (Fsp3) is 0.133. The molecule has 0 bridgehead atoms. The third kappa shape index (κ3) is 3.00. The van der Waals surface area contributed by atoms with E-state index in [1.807, 2.05) is 73.0 Å². The third-order valence-electron chi connectivity index (χ3n) is 2.45. The zero-order chi connectivity index (χ0) is 13.0. The minimum atomic E-state index is 0.0700. The molecule has 0 aliphatic rings. The van der Waals surface area contributed by atoms with E-state index in [1.54, 1.807) is 11.9 Å². The van der Waals surface area contributed by atoms with Gasteiger partial charge in [-0.1, -0.05) is 42.5 Å². The summed E-state index contributed by atoms with van der Waals surface area (Å²) in [5.41, 5.74) is 1.48. The van der Waals surface area contributed by atoms with Gasteiger partial charge in [0.05, 0.1) is 0 Å². The molecule has 0 fully saturated rings. The summed E-state index contributed by atoms with van der Waals surface area (Å²) in [5.74, 6) is 0.0700. The molecule has 18 heavy (non-hydrogen) atoms. The number of hydrogen-bond acceptors (Lipinski definition) is 3. The van der Waals surface area contributed by atoms with Crippen LogP contribution in [0.3, 0.4) is 0 Å². The molecule has 0 radical (unpaired) electrons. The van der Waals surface area contributed by atoms with E-state index < -0.39 is 0 Å². The first-order chi connectivity index (χ1) is 8.68. The molecule has 0 atom stereocenters. The lowest BCUT2D eigenvalue weighted by Gasteiger charge is -2.12. The predicted molar refractivity (Wildman–Crippen MR) is 75.9 cm³/mol. The lowest BCUT2D eigenvalue weighted by molar-refractivity contribution is 0.103. The van der Waals surface area contributed by atoms with Crippen LogP contribution in [0.25, 0.3) is 0 Å². The van der Waals surface area contributed by atoms with Gasteiger partial charge in [-0.25, -0.2) is 0 Å². The average molecular weight is 257 g/mol. The molecule has 2 aromatic rings. The number of hydrogen-bond donors (Lipinski definition) is 0. The second-order valence-corrected chi connectivity index (χ2v) is 5.45. The lowest BCUT2D eigenvalue weighted by atomic mass is 10.0. The molecule has 3 heteroatoms. The molecule has 0 saturated heterocycles. The zero-order valence-electron chi connectivity index (χ0n) is 10.5. The molecule has 0 aliphatic heterocycles. The molecular formula is C15H15NOS. The van der Waals surface area contributed by atoms with Gasteiger partial charge in [-0.3, -0.25) is 9.10 Å². The number of benzene rings is 2. The summed E-state index contributed by atoms with van der Waals surface area (Å²) >= 11 is 1.56. The Morgan fingerprint density at radius 1 is 0.944 bits per heavy atom. The minimum absolute atomic E-state index is 0.0700. The Balaban J connectivity index is 2.36. The van der Waals surface area contributed by atoms with Crippen molar-refractivity contribution in [2.45, 2.75) is 4.90 Å². The van der Waals surface area contributed by atoms with Gasteiger partial charge in [-0.2, -0.15) is 0 Å². The molecule has 0 aromatic heterocycles. The second kappa shape index (κ2) is 5.85. The van der Waals surface area contributed by atoms with Crippen LogP contribution in [-0.2, 0) is 0 Å². The molecule has 2 aromatic carbocycles. The number of rotatable bonds is 4. The smallest absolute Gasteiger partial charge is 0.194 e. The van der Waals surface area contributed by atoms with E-state index in [2.05, 4.69) is 0 Å². The molecule has 0 saturated carbocycles. The van der Waals surface area contributed by atoms with Crippen LogP contribution in [0.15, 0.2) is 59.5 Å². The van der Waals surface area contributed by atoms with Gasteiger partial charge in [-0.05, 0) is 38.2 Å². The standard InChI is InChI=1S/C15H15NOS/c1-16(2)18-14-11-7-6-10-13(14)15(17)12-8-4-3-5-9-12/h3-11H,1-2H3. The quantitative estimate of drug-likeness (QED) is 0.618.